The molecule has 1 aliphatic rings. The van der Waals surface area contributed by atoms with Crippen molar-refractivity contribution >= 4 is 33.2 Å². The number of thiophene rings is 1. The predicted octanol–water partition coefficient (Wildman–Crippen LogP) is 2.33. The second-order valence-electron chi connectivity index (χ2n) is 4.53. The van der Waals surface area contributed by atoms with Crippen LogP contribution in [0.4, 0.5) is 0 Å². The van der Waals surface area contributed by atoms with Crippen LogP contribution < -0.4 is 5.32 Å². The maximum atomic E-state index is 11.9. The number of carbonyl (C=O) groups excluding carboxylic acids is 1. The third-order valence-corrected chi connectivity index (χ3v) is 5.13. The number of amides is 1. The highest BCUT2D eigenvalue weighted by Gasteiger charge is 2.43. The van der Waals surface area contributed by atoms with Gasteiger partial charge >= 0.3 is 0 Å². The van der Waals surface area contributed by atoms with E-state index in [9.17, 15) is 9.90 Å². The van der Waals surface area contributed by atoms with Gasteiger partial charge in [-0.15, -0.1) is 11.3 Å². The van der Waals surface area contributed by atoms with E-state index in [1.165, 1.54) is 4.88 Å². The number of aliphatic hydroxyl groups excluding tert-OH is 1. The summed E-state index contributed by atoms with van der Waals surface area (Å²) in [5, 5.41) is 14.2. The SMILES string of the molecule is O=C(NCCc1cc(Br)cs1)C1(CO)CCC1. The van der Waals surface area contributed by atoms with Gasteiger partial charge in [0.05, 0.1) is 12.0 Å². The van der Waals surface area contributed by atoms with E-state index in [1.54, 1.807) is 11.3 Å². The quantitative estimate of drug-likeness (QED) is 0.875. The van der Waals surface area contributed by atoms with Crippen LogP contribution in [0.1, 0.15) is 24.1 Å². The molecule has 3 nitrogen and oxygen atoms in total. The molecule has 5 heteroatoms. The summed E-state index contributed by atoms with van der Waals surface area (Å²) >= 11 is 5.09. The molecule has 0 aliphatic heterocycles. The number of hydrogen-bond donors (Lipinski definition) is 2. The van der Waals surface area contributed by atoms with Crippen LogP contribution in [-0.2, 0) is 11.2 Å². The molecule has 0 bridgehead atoms. The lowest BCUT2D eigenvalue weighted by Crippen LogP contribution is -2.48. The Morgan fingerprint density at radius 3 is 2.82 bits per heavy atom. The van der Waals surface area contributed by atoms with Crippen molar-refractivity contribution in [2.24, 2.45) is 5.41 Å². The molecular weight excluding hydrogens is 302 g/mol. The number of carbonyl (C=O) groups is 1. The molecule has 94 valence electrons. The van der Waals surface area contributed by atoms with Gasteiger partial charge < -0.3 is 10.4 Å². The van der Waals surface area contributed by atoms with Gasteiger partial charge in [-0.3, -0.25) is 4.79 Å². The first-order valence-corrected chi connectivity index (χ1v) is 7.46. The van der Waals surface area contributed by atoms with Gasteiger partial charge in [-0.1, -0.05) is 6.42 Å². The Bertz CT molecular complexity index is 395. The molecule has 2 rings (SSSR count). The lowest BCUT2D eigenvalue weighted by Gasteiger charge is -2.38. The van der Waals surface area contributed by atoms with Crippen molar-refractivity contribution in [1.82, 2.24) is 5.32 Å². The highest BCUT2D eigenvalue weighted by molar-refractivity contribution is 9.10. The van der Waals surface area contributed by atoms with Gasteiger partial charge in [0.2, 0.25) is 5.91 Å². The van der Waals surface area contributed by atoms with Crippen molar-refractivity contribution in [3.05, 3.63) is 20.8 Å². The molecule has 1 aromatic heterocycles. The number of aliphatic hydroxyl groups is 1. The summed E-state index contributed by atoms with van der Waals surface area (Å²) in [5.41, 5.74) is -0.476. The summed E-state index contributed by atoms with van der Waals surface area (Å²) in [5.74, 6) is 0.0156. The second kappa shape index (κ2) is 5.50. The summed E-state index contributed by atoms with van der Waals surface area (Å²) in [6.07, 6.45) is 3.54. The fourth-order valence-electron chi connectivity index (χ4n) is 2.03. The molecule has 1 heterocycles. The Morgan fingerprint density at radius 2 is 2.35 bits per heavy atom. The van der Waals surface area contributed by atoms with Crippen molar-refractivity contribution in [2.45, 2.75) is 25.7 Å². The average Bonchev–Trinajstić information content (AvgIpc) is 2.63. The Labute approximate surface area is 113 Å². The first-order valence-electron chi connectivity index (χ1n) is 5.78. The van der Waals surface area contributed by atoms with Gasteiger partial charge in [-0.2, -0.15) is 0 Å². The molecule has 2 N–H and O–H groups in total. The summed E-state index contributed by atoms with van der Waals surface area (Å²) in [7, 11) is 0. The van der Waals surface area contributed by atoms with E-state index >= 15 is 0 Å². The lowest BCUT2D eigenvalue weighted by molar-refractivity contribution is -0.139. The van der Waals surface area contributed by atoms with Crippen LogP contribution in [0.15, 0.2) is 15.9 Å². The van der Waals surface area contributed by atoms with Crippen LogP contribution in [-0.4, -0.2) is 24.2 Å². The first-order chi connectivity index (χ1) is 8.16. The Morgan fingerprint density at radius 1 is 1.59 bits per heavy atom. The number of rotatable bonds is 5. The molecule has 1 saturated carbocycles. The molecule has 0 aromatic carbocycles. The van der Waals surface area contributed by atoms with E-state index in [0.717, 1.165) is 30.2 Å². The highest BCUT2D eigenvalue weighted by atomic mass is 79.9. The molecule has 1 aromatic rings. The van der Waals surface area contributed by atoms with Gasteiger partial charge in [0.15, 0.2) is 0 Å². The zero-order valence-corrected chi connectivity index (χ0v) is 11.9. The smallest absolute Gasteiger partial charge is 0.228 e. The fraction of sp³-hybridized carbons (Fsp3) is 0.583. The summed E-state index contributed by atoms with van der Waals surface area (Å²) in [6.45, 7) is 0.622. The van der Waals surface area contributed by atoms with Crippen LogP contribution in [0.2, 0.25) is 0 Å². The molecule has 0 unspecified atom stereocenters. The maximum Gasteiger partial charge on any atom is 0.228 e. The van der Waals surface area contributed by atoms with Crippen molar-refractivity contribution in [1.29, 1.82) is 0 Å². The monoisotopic (exact) mass is 317 g/mol. The van der Waals surface area contributed by atoms with Gasteiger partial charge in [0.1, 0.15) is 0 Å². The fourth-order valence-corrected chi connectivity index (χ4v) is 3.49. The first kappa shape index (κ1) is 13.1. The normalized spacial score (nSPS) is 17.5. The minimum atomic E-state index is -0.476. The summed E-state index contributed by atoms with van der Waals surface area (Å²) < 4.78 is 1.09. The van der Waals surface area contributed by atoms with Crippen LogP contribution in [0, 0.1) is 5.41 Å². The zero-order valence-electron chi connectivity index (χ0n) is 9.54. The van der Waals surface area contributed by atoms with E-state index in [2.05, 4.69) is 27.3 Å². The van der Waals surface area contributed by atoms with Crippen LogP contribution in [0.25, 0.3) is 0 Å². The maximum absolute atomic E-state index is 11.9. The Kier molecular flexibility index (Phi) is 4.22. The van der Waals surface area contributed by atoms with Crippen molar-refractivity contribution < 1.29 is 9.90 Å². The molecule has 0 atom stereocenters. The minimum absolute atomic E-state index is 0.0156. The zero-order chi connectivity index (χ0) is 12.3. The van der Waals surface area contributed by atoms with Gasteiger partial charge in [0.25, 0.3) is 0 Å². The third kappa shape index (κ3) is 2.89. The van der Waals surface area contributed by atoms with E-state index in [-0.39, 0.29) is 12.5 Å². The van der Waals surface area contributed by atoms with E-state index in [1.807, 2.05) is 5.38 Å². The van der Waals surface area contributed by atoms with Crippen molar-refractivity contribution in [2.75, 3.05) is 13.2 Å². The second-order valence-corrected chi connectivity index (χ2v) is 6.44. The van der Waals surface area contributed by atoms with E-state index in [0.29, 0.717) is 6.54 Å². The van der Waals surface area contributed by atoms with Crippen LogP contribution >= 0.6 is 27.3 Å². The lowest BCUT2D eigenvalue weighted by atomic mass is 9.68. The number of hydrogen-bond acceptors (Lipinski definition) is 3. The van der Waals surface area contributed by atoms with Gasteiger partial charge in [-0.25, -0.2) is 0 Å². The molecule has 1 fully saturated rings. The molecule has 1 aliphatic carbocycles. The van der Waals surface area contributed by atoms with E-state index < -0.39 is 5.41 Å². The third-order valence-electron chi connectivity index (χ3n) is 3.37. The molecule has 0 radical (unpaired) electrons. The van der Waals surface area contributed by atoms with Crippen molar-refractivity contribution in [3.8, 4) is 0 Å². The minimum Gasteiger partial charge on any atom is -0.395 e. The van der Waals surface area contributed by atoms with Crippen LogP contribution in [0.5, 0.6) is 0 Å². The predicted molar refractivity (Wildman–Crippen MR) is 72.1 cm³/mol. The number of nitrogens with one attached hydrogen (secondary N) is 1. The standard InChI is InChI=1S/C12H16BrNO2S/c13-9-6-10(17-7-9)2-5-14-11(16)12(8-15)3-1-4-12/h6-7,15H,1-5,8H2,(H,14,16). The van der Waals surface area contributed by atoms with Gasteiger partial charge in [-0.05, 0) is 41.3 Å². The highest BCUT2D eigenvalue weighted by Crippen LogP contribution is 2.40. The molecular formula is C12H16BrNO2S. The molecule has 17 heavy (non-hydrogen) atoms. The molecule has 0 spiro atoms. The topological polar surface area (TPSA) is 49.3 Å². The Balaban J connectivity index is 1.77. The van der Waals surface area contributed by atoms with Gasteiger partial charge in [0, 0.05) is 21.3 Å². The van der Waals surface area contributed by atoms with Crippen LogP contribution in [0.3, 0.4) is 0 Å². The summed E-state index contributed by atoms with van der Waals surface area (Å²) in [4.78, 5) is 13.2. The Hall–Kier alpha value is -0.390. The average molecular weight is 318 g/mol. The molecule has 0 saturated heterocycles. The summed E-state index contributed by atoms with van der Waals surface area (Å²) in [6, 6.07) is 2.07. The molecule has 1 amide bonds. The van der Waals surface area contributed by atoms with E-state index in [4.69, 9.17) is 0 Å². The number of halogens is 1. The largest absolute Gasteiger partial charge is 0.395 e. The van der Waals surface area contributed by atoms with Crippen molar-refractivity contribution in [3.63, 3.8) is 0 Å².